The number of nitro groups is 1. The third-order valence-electron chi connectivity index (χ3n) is 3.21. The Bertz CT molecular complexity index is 488. The number of hydrogen-bond donors (Lipinski definition) is 0. The minimum absolute atomic E-state index is 0. The fraction of sp³-hybridized carbons (Fsp3) is 0.500. The van der Waals surface area contributed by atoms with E-state index in [0.29, 0.717) is 0 Å². The number of benzene rings is 1. The van der Waals surface area contributed by atoms with Crippen molar-refractivity contribution in [2.45, 2.75) is 33.1 Å². The van der Waals surface area contributed by atoms with Crippen LogP contribution >= 0.6 is 0 Å². The molecule has 0 fully saturated rings. The van der Waals surface area contributed by atoms with Gasteiger partial charge in [-0.15, -0.1) is 5.92 Å². The molecule has 21 heavy (non-hydrogen) atoms. The second-order valence-electron chi connectivity index (χ2n) is 4.60. The van der Waals surface area contributed by atoms with Gasteiger partial charge in [0.05, 0.1) is 11.5 Å². The van der Waals surface area contributed by atoms with E-state index in [4.69, 9.17) is 0 Å². The van der Waals surface area contributed by atoms with Crippen LogP contribution in [0.4, 0.5) is 5.69 Å². The van der Waals surface area contributed by atoms with Gasteiger partial charge in [0.2, 0.25) is 0 Å². The molecule has 0 saturated heterocycles. The van der Waals surface area contributed by atoms with E-state index in [0.717, 1.165) is 44.5 Å². The first kappa shape index (κ1) is 19.1. The SMILES string of the molecule is CCN(CC)CC#CCCCc1cccc([N+](=O)[O-])c1.O. The molecule has 0 aliphatic heterocycles. The number of nitro benzene ring substituents is 1. The molecule has 0 saturated carbocycles. The zero-order valence-electron chi connectivity index (χ0n) is 12.8. The van der Waals surface area contributed by atoms with Crippen LogP contribution < -0.4 is 0 Å². The summed E-state index contributed by atoms with van der Waals surface area (Å²) in [5.41, 5.74) is 1.17. The Morgan fingerprint density at radius 2 is 1.95 bits per heavy atom. The molecule has 0 amide bonds. The molecular weight excluding hydrogens is 268 g/mol. The molecule has 0 spiro atoms. The average molecular weight is 292 g/mol. The van der Waals surface area contributed by atoms with E-state index < -0.39 is 0 Å². The third kappa shape index (κ3) is 7.45. The normalized spacial score (nSPS) is 9.67. The molecule has 0 aliphatic rings. The third-order valence-corrected chi connectivity index (χ3v) is 3.21. The van der Waals surface area contributed by atoms with Crippen LogP contribution in [-0.4, -0.2) is 34.9 Å². The van der Waals surface area contributed by atoms with Crippen molar-refractivity contribution in [3.05, 3.63) is 39.9 Å². The molecule has 0 atom stereocenters. The van der Waals surface area contributed by atoms with Crippen molar-refractivity contribution in [2.75, 3.05) is 19.6 Å². The highest BCUT2D eigenvalue weighted by atomic mass is 16.6. The van der Waals surface area contributed by atoms with Crippen molar-refractivity contribution in [2.24, 2.45) is 0 Å². The number of unbranched alkanes of at least 4 members (excludes halogenated alkanes) is 1. The minimum Gasteiger partial charge on any atom is -0.412 e. The lowest BCUT2D eigenvalue weighted by molar-refractivity contribution is -0.384. The fourth-order valence-electron chi connectivity index (χ4n) is 1.91. The molecule has 0 radical (unpaired) electrons. The first-order chi connectivity index (χ1) is 9.67. The van der Waals surface area contributed by atoms with E-state index in [2.05, 4.69) is 30.6 Å². The summed E-state index contributed by atoms with van der Waals surface area (Å²) in [5, 5.41) is 10.7. The molecule has 5 heteroatoms. The average Bonchev–Trinajstić information content (AvgIpc) is 2.47. The van der Waals surface area contributed by atoms with E-state index in [1.165, 1.54) is 6.07 Å². The van der Waals surface area contributed by atoms with Crippen LogP contribution in [0.5, 0.6) is 0 Å². The zero-order valence-corrected chi connectivity index (χ0v) is 12.8. The zero-order chi connectivity index (χ0) is 14.8. The Labute approximate surface area is 126 Å². The highest BCUT2D eigenvalue weighted by molar-refractivity contribution is 5.34. The van der Waals surface area contributed by atoms with Crippen LogP contribution in [0.25, 0.3) is 0 Å². The van der Waals surface area contributed by atoms with Gasteiger partial charge in [0.1, 0.15) is 0 Å². The lowest BCUT2D eigenvalue weighted by Gasteiger charge is -2.13. The lowest BCUT2D eigenvalue weighted by atomic mass is 10.1. The maximum absolute atomic E-state index is 10.7. The van der Waals surface area contributed by atoms with Crippen LogP contribution in [0.15, 0.2) is 24.3 Å². The summed E-state index contributed by atoms with van der Waals surface area (Å²) in [5.74, 6) is 6.34. The van der Waals surface area contributed by atoms with Gasteiger partial charge in [0, 0.05) is 18.6 Å². The molecule has 0 bridgehead atoms. The van der Waals surface area contributed by atoms with Gasteiger partial charge in [-0.1, -0.05) is 31.9 Å². The van der Waals surface area contributed by atoms with Crippen LogP contribution in [0.1, 0.15) is 32.3 Å². The van der Waals surface area contributed by atoms with E-state index in [1.54, 1.807) is 12.1 Å². The number of non-ortho nitro benzene ring substituents is 1. The quantitative estimate of drug-likeness (QED) is 0.335. The van der Waals surface area contributed by atoms with Crippen LogP contribution in [0.3, 0.4) is 0 Å². The number of hydrogen-bond acceptors (Lipinski definition) is 3. The second kappa shape index (κ2) is 10.8. The summed E-state index contributed by atoms with van der Waals surface area (Å²) < 4.78 is 0. The summed E-state index contributed by atoms with van der Waals surface area (Å²) >= 11 is 0. The van der Waals surface area contributed by atoms with Gasteiger partial charge in [0.25, 0.3) is 5.69 Å². The Morgan fingerprint density at radius 3 is 2.57 bits per heavy atom. The Kier molecular flexibility index (Phi) is 9.86. The number of aryl methyl sites for hydroxylation is 1. The Morgan fingerprint density at radius 1 is 1.24 bits per heavy atom. The fourth-order valence-corrected chi connectivity index (χ4v) is 1.91. The number of rotatable bonds is 7. The molecular formula is C16H24N2O3. The molecule has 0 aromatic heterocycles. The molecule has 1 rings (SSSR count). The molecule has 0 aliphatic carbocycles. The van der Waals surface area contributed by atoms with Gasteiger partial charge in [-0.25, -0.2) is 0 Å². The Balaban J connectivity index is 0.00000400. The maximum Gasteiger partial charge on any atom is 0.269 e. The van der Waals surface area contributed by atoms with Crippen molar-refractivity contribution in [1.82, 2.24) is 4.90 Å². The summed E-state index contributed by atoms with van der Waals surface area (Å²) in [6.45, 7) is 7.14. The first-order valence-corrected chi connectivity index (χ1v) is 7.08. The lowest BCUT2D eigenvalue weighted by Crippen LogP contribution is -2.22. The van der Waals surface area contributed by atoms with Crippen molar-refractivity contribution < 1.29 is 10.4 Å². The van der Waals surface area contributed by atoms with E-state index in [1.807, 2.05) is 6.07 Å². The van der Waals surface area contributed by atoms with Crippen LogP contribution in [0, 0.1) is 22.0 Å². The Hall–Kier alpha value is -1.90. The smallest absolute Gasteiger partial charge is 0.269 e. The van der Waals surface area contributed by atoms with E-state index >= 15 is 0 Å². The largest absolute Gasteiger partial charge is 0.412 e. The van der Waals surface area contributed by atoms with Gasteiger partial charge < -0.3 is 5.48 Å². The summed E-state index contributed by atoms with van der Waals surface area (Å²) in [6, 6.07) is 6.83. The first-order valence-electron chi connectivity index (χ1n) is 7.08. The van der Waals surface area contributed by atoms with Gasteiger partial charge in [0.15, 0.2) is 0 Å². The van der Waals surface area contributed by atoms with Crippen LogP contribution in [0.2, 0.25) is 0 Å². The second-order valence-corrected chi connectivity index (χ2v) is 4.60. The molecule has 1 aromatic carbocycles. The van der Waals surface area contributed by atoms with Crippen molar-refractivity contribution >= 4 is 5.69 Å². The topological polar surface area (TPSA) is 77.9 Å². The summed E-state index contributed by atoms with van der Waals surface area (Å²) in [7, 11) is 0. The standard InChI is InChI=1S/C16H22N2O2.H2O/c1-3-17(4-2)13-8-6-5-7-10-15-11-9-12-16(14-15)18(19)20;/h9,11-12,14H,3-5,7,10,13H2,1-2H3;1H2. The molecule has 1 aromatic rings. The molecule has 116 valence electrons. The highest BCUT2D eigenvalue weighted by Gasteiger charge is 2.04. The van der Waals surface area contributed by atoms with Crippen molar-refractivity contribution in [3.8, 4) is 11.8 Å². The maximum atomic E-state index is 10.7. The minimum atomic E-state index is -0.354. The highest BCUT2D eigenvalue weighted by Crippen LogP contribution is 2.14. The molecule has 0 unspecified atom stereocenters. The molecule has 2 N–H and O–H groups in total. The van der Waals surface area contributed by atoms with Crippen molar-refractivity contribution in [3.63, 3.8) is 0 Å². The van der Waals surface area contributed by atoms with E-state index in [-0.39, 0.29) is 16.1 Å². The van der Waals surface area contributed by atoms with Crippen LogP contribution in [-0.2, 0) is 6.42 Å². The van der Waals surface area contributed by atoms with Gasteiger partial charge in [-0.05, 0) is 31.5 Å². The molecule has 5 nitrogen and oxygen atoms in total. The monoisotopic (exact) mass is 292 g/mol. The van der Waals surface area contributed by atoms with Gasteiger partial charge in [-0.3, -0.25) is 15.0 Å². The summed E-state index contributed by atoms with van der Waals surface area (Å²) in [4.78, 5) is 12.6. The molecule has 0 heterocycles. The predicted molar refractivity (Wildman–Crippen MR) is 85.2 cm³/mol. The summed E-state index contributed by atoms with van der Waals surface area (Å²) in [6.07, 6.45) is 2.61. The predicted octanol–water partition coefficient (Wildman–Crippen LogP) is 2.44. The number of nitrogens with zero attached hydrogens (tertiary/aromatic N) is 2. The van der Waals surface area contributed by atoms with Gasteiger partial charge >= 0.3 is 0 Å². The van der Waals surface area contributed by atoms with E-state index in [9.17, 15) is 10.1 Å². The van der Waals surface area contributed by atoms with Gasteiger partial charge in [-0.2, -0.15) is 0 Å². The van der Waals surface area contributed by atoms with Crippen molar-refractivity contribution in [1.29, 1.82) is 0 Å².